The largest absolute Gasteiger partial charge is 0.694 e. The maximum atomic E-state index is 13.1. The van der Waals surface area contributed by atoms with Gasteiger partial charge in [0.25, 0.3) is 5.75 Å². The number of benzene rings is 3. The molecule has 46 heavy (non-hydrogen) atoms. The molecule has 0 spiro atoms. The molecule has 0 saturated heterocycles. The molecule has 0 aromatic heterocycles. The fraction of sp³-hybridized carbons (Fsp3) is 0.273. The van der Waals surface area contributed by atoms with Crippen LogP contribution in [0.2, 0.25) is 5.02 Å². The molecule has 5 N–H and O–H groups in total. The molecule has 2 heterocycles. The van der Waals surface area contributed by atoms with Gasteiger partial charge in [-0.25, -0.2) is 4.79 Å². The highest BCUT2D eigenvalue weighted by atomic mass is 35.5. The van der Waals surface area contributed by atoms with E-state index in [1.807, 2.05) is 36.4 Å². The fourth-order valence-corrected chi connectivity index (χ4v) is 5.48. The summed E-state index contributed by atoms with van der Waals surface area (Å²) < 4.78 is 47.0. The molecular weight excluding hydrogens is 627 g/mol. The molecule has 0 saturated carbocycles. The molecule has 2 aliphatic heterocycles. The first-order valence-corrected chi connectivity index (χ1v) is 14.7. The highest BCUT2D eigenvalue weighted by Crippen LogP contribution is 2.38. The van der Waals surface area contributed by atoms with Crippen LogP contribution in [0.5, 0.6) is 5.75 Å². The topological polar surface area (TPSA) is 122 Å². The van der Waals surface area contributed by atoms with E-state index >= 15 is 0 Å². The fourth-order valence-electron chi connectivity index (χ4n) is 5.30. The van der Waals surface area contributed by atoms with Crippen molar-refractivity contribution in [3.63, 3.8) is 0 Å². The first-order valence-electron chi connectivity index (χ1n) is 14.3. The van der Waals surface area contributed by atoms with Gasteiger partial charge in [0.15, 0.2) is 0 Å². The van der Waals surface area contributed by atoms with Crippen LogP contribution < -0.4 is 16.1 Å². The zero-order valence-electron chi connectivity index (χ0n) is 25.0. The van der Waals surface area contributed by atoms with E-state index in [9.17, 15) is 22.8 Å². The smallest absolute Gasteiger partial charge is 0.499 e. The van der Waals surface area contributed by atoms with E-state index in [4.69, 9.17) is 21.5 Å². The van der Waals surface area contributed by atoms with E-state index < -0.39 is 12.5 Å². The van der Waals surface area contributed by atoms with Crippen LogP contribution in [-0.2, 0) is 14.4 Å². The molecule has 244 valence electrons. The van der Waals surface area contributed by atoms with Gasteiger partial charge in [-0.1, -0.05) is 73.7 Å². The van der Waals surface area contributed by atoms with Crippen molar-refractivity contribution in [3.05, 3.63) is 95.2 Å². The summed E-state index contributed by atoms with van der Waals surface area (Å²) in [5, 5.41) is 12.9. The van der Waals surface area contributed by atoms with Gasteiger partial charge in [0.2, 0.25) is 5.91 Å². The second-order valence-electron chi connectivity index (χ2n) is 10.3. The molecule has 13 heteroatoms. The number of aromatic hydroxyl groups is 1. The van der Waals surface area contributed by atoms with E-state index in [1.165, 1.54) is 31.6 Å². The Hall–Kier alpha value is -4.52. The summed E-state index contributed by atoms with van der Waals surface area (Å²) in [4.78, 5) is 30.3. The molecule has 2 atom stereocenters. The van der Waals surface area contributed by atoms with Crippen LogP contribution in [0.1, 0.15) is 42.7 Å². The third-order valence-electron chi connectivity index (χ3n) is 7.34. The number of halogens is 4. The number of allylic oxidation sites excluding steroid dienone is 2. The van der Waals surface area contributed by atoms with Crippen LogP contribution in [0.15, 0.2) is 79.1 Å². The molecule has 2 amide bonds. The van der Waals surface area contributed by atoms with Crippen molar-refractivity contribution in [2.75, 3.05) is 24.9 Å². The number of amides is 2. The second kappa shape index (κ2) is 15.7. The molecule has 3 aromatic rings. The maximum Gasteiger partial charge on any atom is 0.694 e. The number of hydrogen-bond donors (Lipinski definition) is 4. The second-order valence-corrected chi connectivity index (χ2v) is 10.8. The van der Waals surface area contributed by atoms with E-state index in [2.05, 4.69) is 25.6 Å². The average molecular weight is 661 g/mol. The Morgan fingerprint density at radius 2 is 1.89 bits per heavy atom. The minimum Gasteiger partial charge on any atom is -0.499 e. The highest BCUT2D eigenvalue weighted by Gasteiger charge is 2.39. The first-order chi connectivity index (χ1) is 22.1. The molecule has 2 aliphatic rings. The van der Waals surface area contributed by atoms with Crippen LogP contribution in [0.4, 0.5) is 29.3 Å². The van der Waals surface area contributed by atoms with Crippen LogP contribution in [-0.4, -0.2) is 48.5 Å². The van der Waals surface area contributed by atoms with Crippen LogP contribution in [0.25, 0.3) is 16.7 Å². The number of ether oxygens (including phenoxy) is 2. The van der Waals surface area contributed by atoms with Gasteiger partial charge in [-0.3, -0.25) is 10.1 Å². The van der Waals surface area contributed by atoms with Crippen LogP contribution in [0.3, 0.4) is 0 Å². The minimum atomic E-state index is -4.76. The van der Waals surface area contributed by atoms with Crippen molar-refractivity contribution in [2.24, 2.45) is 0 Å². The van der Waals surface area contributed by atoms with Gasteiger partial charge < -0.3 is 24.7 Å². The number of aliphatic hydroxyl groups is 2. The summed E-state index contributed by atoms with van der Waals surface area (Å²) in [6, 6.07) is 16.8. The molecule has 2 unspecified atom stereocenters. The number of rotatable bonds is 4. The number of carbonyl (C=O) groups excluding carboxylic acids is 2. The van der Waals surface area contributed by atoms with Gasteiger partial charge in [0.05, 0.1) is 24.4 Å². The lowest BCUT2D eigenvalue weighted by Crippen LogP contribution is -2.32. The normalized spacial score (nSPS) is 18.0. The summed E-state index contributed by atoms with van der Waals surface area (Å²) >= 11 is 6.12. The average Bonchev–Trinajstić information content (AvgIpc) is 3.28. The quantitative estimate of drug-likeness (QED) is 0.213. The molecule has 2 bridgehead atoms. The molecule has 3 aromatic carbocycles. The third kappa shape index (κ3) is 9.03. The van der Waals surface area contributed by atoms with Gasteiger partial charge in [-0.2, -0.15) is 0 Å². The lowest BCUT2D eigenvalue weighted by molar-refractivity contribution is -0.368. The minimum absolute atomic E-state index is 0.108. The number of anilines is 2. The van der Waals surface area contributed by atoms with Crippen molar-refractivity contribution in [2.45, 2.75) is 44.0 Å². The SMILES string of the molecule is CO.COC(=O)Nc1ccc2c(c1)NC(=O)CCCCC(C1C=CC(c3cc(Cl)ccc3[OH+]C(F)(F)F)=CON1)c1cccc-2c1. The monoisotopic (exact) mass is 660 g/mol. The Labute approximate surface area is 268 Å². The molecule has 9 nitrogen and oxygen atoms in total. The Morgan fingerprint density at radius 1 is 1.09 bits per heavy atom. The number of fused-ring (bicyclic) bond motifs is 4. The standard InChI is InChI=1S/C32H29ClF3N3O5.CH4O/c1-42-31(41)37-23-11-12-25-20-6-4-5-19(15-20)24(7-2-3-8-30(40)38-28(25)17-23)27-13-9-21(18-43-39-27)26-16-22(33)10-14-29(26)44-32(34,35)36;1-2/h4-6,9-18,24,27,39H,2-3,7-8H2,1H3,(H,37,41)(H,38,40);2H,1H3/p+1. The molecule has 0 aliphatic carbocycles. The van der Waals surface area contributed by atoms with Crippen LogP contribution in [0, 0.1) is 0 Å². The number of methoxy groups -OCH3 is 1. The first kappa shape index (κ1) is 34.4. The van der Waals surface area contributed by atoms with Crippen molar-refractivity contribution in [1.82, 2.24) is 5.48 Å². The number of aliphatic hydroxyl groups excluding tert-OH is 1. The highest BCUT2D eigenvalue weighted by molar-refractivity contribution is 6.30. The maximum absolute atomic E-state index is 13.1. The van der Waals surface area contributed by atoms with Gasteiger partial charge in [-0.15, -0.1) is 5.48 Å². The lowest BCUT2D eigenvalue weighted by Gasteiger charge is -2.26. The number of hydroxylamine groups is 1. The Kier molecular flexibility index (Phi) is 11.7. The van der Waals surface area contributed by atoms with E-state index in [1.54, 1.807) is 18.2 Å². The number of carbonyl (C=O) groups is 2. The van der Waals surface area contributed by atoms with Gasteiger partial charge in [0, 0.05) is 47.4 Å². The Bertz CT molecular complexity index is 1610. The lowest BCUT2D eigenvalue weighted by atomic mass is 9.84. The molecule has 0 fully saturated rings. The van der Waals surface area contributed by atoms with Crippen molar-refractivity contribution < 1.29 is 42.2 Å². The third-order valence-corrected chi connectivity index (χ3v) is 7.58. The zero-order chi connectivity index (χ0) is 33.3. The van der Waals surface area contributed by atoms with E-state index in [-0.39, 0.29) is 34.2 Å². The Morgan fingerprint density at radius 3 is 2.65 bits per heavy atom. The summed E-state index contributed by atoms with van der Waals surface area (Å²) in [5.74, 6) is -0.537. The summed E-state index contributed by atoms with van der Waals surface area (Å²) in [6.45, 7) is 0. The number of nitrogens with one attached hydrogen (secondary N) is 3. The molecule has 5 rings (SSSR count). The van der Waals surface area contributed by atoms with E-state index in [0.29, 0.717) is 36.2 Å². The van der Waals surface area contributed by atoms with Crippen molar-refractivity contribution in [1.29, 1.82) is 0 Å². The van der Waals surface area contributed by atoms with Crippen molar-refractivity contribution in [3.8, 4) is 16.9 Å². The zero-order valence-corrected chi connectivity index (χ0v) is 25.8. The van der Waals surface area contributed by atoms with Crippen molar-refractivity contribution >= 4 is 40.5 Å². The molecule has 0 radical (unpaired) electrons. The van der Waals surface area contributed by atoms with Gasteiger partial charge in [0.1, 0.15) is 6.26 Å². The van der Waals surface area contributed by atoms with Gasteiger partial charge in [-0.05, 0) is 48.2 Å². The molecular formula is C33H34ClF3N3O6+. The predicted octanol–water partition coefficient (Wildman–Crippen LogP) is 7.65. The predicted molar refractivity (Wildman–Crippen MR) is 170 cm³/mol. The summed E-state index contributed by atoms with van der Waals surface area (Å²) in [5.41, 5.74) is 7.21. The van der Waals surface area contributed by atoms with E-state index in [0.717, 1.165) is 30.2 Å². The summed E-state index contributed by atoms with van der Waals surface area (Å²) in [7, 11) is 2.27. The number of alkyl halides is 3. The van der Waals surface area contributed by atoms with Gasteiger partial charge >= 0.3 is 12.5 Å². The van der Waals surface area contributed by atoms with Crippen LogP contribution >= 0.6 is 11.6 Å². The summed E-state index contributed by atoms with van der Waals surface area (Å²) in [6.07, 6.45) is 1.87. The number of hydrogen-bond acceptors (Lipinski definition) is 6. The Balaban J connectivity index is 0.00000235.